The predicted molar refractivity (Wildman–Crippen MR) is 104 cm³/mol. The number of piperazine rings is 1. The van der Waals surface area contributed by atoms with Gasteiger partial charge in [0.1, 0.15) is 0 Å². The molecule has 0 spiro atoms. The van der Waals surface area contributed by atoms with Crippen molar-refractivity contribution in [1.29, 1.82) is 0 Å². The summed E-state index contributed by atoms with van der Waals surface area (Å²) < 4.78 is 0. The van der Waals surface area contributed by atoms with Crippen LogP contribution in [0, 0.1) is 17.0 Å². The zero-order valence-corrected chi connectivity index (χ0v) is 15.4. The summed E-state index contributed by atoms with van der Waals surface area (Å²) in [5, 5.41) is 17.7. The minimum Gasteiger partial charge on any atom is -0.295 e. The van der Waals surface area contributed by atoms with Crippen molar-refractivity contribution < 1.29 is 4.92 Å². The number of nitrogens with zero attached hydrogens (tertiary/aromatic N) is 4. The summed E-state index contributed by atoms with van der Waals surface area (Å²) >= 11 is 6.10. The summed E-state index contributed by atoms with van der Waals surface area (Å²) in [6.45, 7) is 6.51. The highest BCUT2D eigenvalue weighted by Crippen LogP contribution is 2.20. The fraction of sp³-hybridized carbons (Fsp3) is 0.316. The van der Waals surface area contributed by atoms with Crippen LogP contribution in [0.3, 0.4) is 0 Å². The molecule has 2 aromatic carbocycles. The normalized spacial score (nSPS) is 15.5. The molecule has 1 aliphatic rings. The van der Waals surface area contributed by atoms with Crippen molar-refractivity contribution in [3.05, 3.63) is 74.3 Å². The maximum absolute atomic E-state index is 10.9. The minimum absolute atomic E-state index is 0.0127. The lowest BCUT2D eigenvalue weighted by Crippen LogP contribution is -2.43. The highest BCUT2D eigenvalue weighted by molar-refractivity contribution is 6.33. The molecule has 7 heteroatoms. The van der Waals surface area contributed by atoms with Crippen LogP contribution in [0.2, 0.25) is 5.02 Å². The maximum atomic E-state index is 10.9. The Bertz CT molecular complexity index is 800. The van der Waals surface area contributed by atoms with Crippen LogP contribution in [0.25, 0.3) is 0 Å². The van der Waals surface area contributed by atoms with E-state index in [1.165, 1.54) is 29.3 Å². The fourth-order valence-electron chi connectivity index (χ4n) is 2.85. The molecule has 1 aliphatic heterocycles. The van der Waals surface area contributed by atoms with Crippen LogP contribution in [-0.2, 0) is 6.54 Å². The quantitative estimate of drug-likeness (QED) is 0.456. The number of hydrazone groups is 1. The van der Waals surface area contributed by atoms with E-state index < -0.39 is 4.92 Å². The Morgan fingerprint density at radius 3 is 2.50 bits per heavy atom. The van der Waals surface area contributed by atoms with E-state index in [0.717, 1.165) is 32.7 Å². The molecule has 26 heavy (non-hydrogen) atoms. The summed E-state index contributed by atoms with van der Waals surface area (Å²) in [4.78, 5) is 12.8. The van der Waals surface area contributed by atoms with Gasteiger partial charge in [-0.1, -0.05) is 41.4 Å². The summed E-state index contributed by atoms with van der Waals surface area (Å²) in [5.41, 5.74) is 3.16. The zero-order valence-electron chi connectivity index (χ0n) is 14.6. The molecular weight excluding hydrogens is 352 g/mol. The van der Waals surface area contributed by atoms with Crippen LogP contribution in [0.5, 0.6) is 0 Å². The molecule has 1 heterocycles. The van der Waals surface area contributed by atoms with Crippen LogP contribution < -0.4 is 0 Å². The van der Waals surface area contributed by atoms with Crippen LogP contribution in [0.15, 0.2) is 47.6 Å². The number of halogens is 1. The number of benzene rings is 2. The molecule has 0 aromatic heterocycles. The highest BCUT2D eigenvalue weighted by Gasteiger charge is 2.16. The molecule has 0 atom stereocenters. The van der Waals surface area contributed by atoms with Crippen molar-refractivity contribution in [3.8, 4) is 0 Å². The van der Waals surface area contributed by atoms with E-state index in [2.05, 4.69) is 41.2 Å². The number of rotatable bonds is 5. The molecule has 3 rings (SSSR count). The average molecular weight is 373 g/mol. The number of non-ortho nitro benzene ring substituents is 1. The van der Waals surface area contributed by atoms with E-state index >= 15 is 0 Å². The van der Waals surface area contributed by atoms with Gasteiger partial charge in [0.15, 0.2) is 0 Å². The van der Waals surface area contributed by atoms with Gasteiger partial charge in [-0.2, -0.15) is 5.10 Å². The second-order valence-corrected chi connectivity index (χ2v) is 6.83. The van der Waals surface area contributed by atoms with Gasteiger partial charge in [-0.3, -0.25) is 20.0 Å². The smallest absolute Gasteiger partial charge is 0.270 e. The van der Waals surface area contributed by atoms with Crippen LogP contribution in [0.1, 0.15) is 16.7 Å². The van der Waals surface area contributed by atoms with Crippen molar-refractivity contribution in [2.75, 3.05) is 26.2 Å². The molecule has 0 N–H and O–H groups in total. The number of hydrogen-bond acceptors (Lipinski definition) is 5. The second kappa shape index (κ2) is 8.29. The van der Waals surface area contributed by atoms with Gasteiger partial charge >= 0.3 is 0 Å². The SMILES string of the molecule is Cc1ccc(CN2CCN(/N=C\c3cc([N+](=O)[O-])ccc3Cl)CC2)cc1. The molecule has 1 fully saturated rings. The third kappa shape index (κ3) is 4.80. The second-order valence-electron chi connectivity index (χ2n) is 6.42. The number of hydrogen-bond donors (Lipinski definition) is 0. The van der Waals surface area contributed by atoms with Gasteiger partial charge in [0, 0.05) is 55.4 Å². The first-order valence-electron chi connectivity index (χ1n) is 8.52. The largest absolute Gasteiger partial charge is 0.295 e. The third-order valence-electron chi connectivity index (χ3n) is 4.43. The summed E-state index contributed by atoms with van der Waals surface area (Å²) in [7, 11) is 0. The lowest BCUT2D eigenvalue weighted by atomic mass is 10.1. The van der Waals surface area contributed by atoms with Gasteiger partial charge in [0.05, 0.1) is 11.1 Å². The Hall–Kier alpha value is -2.44. The molecule has 0 amide bonds. The Morgan fingerprint density at radius 2 is 1.85 bits per heavy atom. The molecule has 6 nitrogen and oxygen atoms in total. The van der Waals surface area contributed by atoms with Crippen molar-refractivity contribution in [3.63, 3.8) is 0 Å². The average Bonchev–Trinajstić information content (AvgIpc) is 2.64. The van der Waals surface area contributed by atoms with Gasteiger partial charge in [-0.15, -0.1) is 0 Å². The highest BCUT2D eigenvalue weighted by atomic mass is 35.5. The number of nitro benzene ring substituents is 1. The summed E-state index contributed by atoms with van der Waals surface area (Å²) in [6, 6.07) is 13.0. The van der Waals surface area contributed by atoms with Crippen LogP contribution >= 0.6 is 11.6 Å². The number of nitro groups is 1. The van der Waals surface area contributed by atoms with E-state index in [0.29, 0.717) is 10.6 Å². The first-order valence-corrected chi connectivity index (χ1v) is 8.90. The molecule has 0 aliphatic carbocycles. The fourth-order valence-corrected chi connectivity index (χ4v) is 3.02. The molecular formula is C19H21ClN4O2. The molecule has 0 saturated carbocycles. The van der Waals surface area contributed by atoms with Crippen molar-refractivity contribution in [2.45, 2.75) is 13.5 Å². The number of aryl methyl sites for hydroxylation is 1. The molecule has 2 aromatic rings. The van der Waals surface area contributed by atoms with Crippen LogP contribution in [0.4, 0.5) is 5.69 Å². The monoisotopic (exact) mass is 372 g/mol. The van der Waals surface area contributed by atoms with Crippen molar-refractivity contribution in [1.82, 2.24) is 9.91 Å². The molecule has 0 radical (unpaired) electrons. The molecule has 1 saturated heterocycles. The third-order valence-corrected chi connectivity index (χ3v) is 4.77. The Balaban J connectivity index is 1.55. The molecule has 0 bridgehead atoms. The standard InChI is InChI=1S/C19H21ClN4O2/c1-15-2-4-16(5-3-15)14-22-8-10-23(11-9-22)21-13-17-12-18(24(25)26)6-7-19(17)20/h2-7,12-13H,8-11,14H2,1H3/b21-13-. The van der Waals surface area contributed by atoms with E-state index in [4.69, 9.17) is 11.6 Å². The molecule has 136 valence electrons. The Labute approximate surface area is 157 Å². The van der Waals surface area contributed by atoms with Crippen molar-refractivity contribution >= 4 is 23.5 Å². The van der Waals surface area contributed by atoms with Gasteiger partial charge < -0.3 is 0 Å². The van der Waals surface area contributed by atoms with E-state index in [-0.39, 0.29) is 5.69 Å². The lowest BCUT2D eigenvalue weighted by molar-refractivity contribution is -0.384. The first kappa shape index (κ1) is 18.4. The van der Waals surface area contributed by atoms with Crippen LogP contribution in [-0.4, -0.2) is 47.2 Å². The minimum atomic E-state index is -0.433. The van der Waals surface area contributed by atoms with E-state index in [1.54, 1.807) is 6.21 Å². The maximum Gasteiger partial charge on any atom is 0.270 e. The van der Waals surface area contributed by atoms with Gasteiger partial charge in [-0.05, 0) is 18.6 Å². The Kier molecular flexibility index (Phi) is 5.85. The van der Waals surface area contributed by atoms with Crippen molar-refractivity contribution in [2.24, 2.45) is 5.10 Å². The molecule has 0 unspecified atom stereocenters. The van der Waals surface area contributed by atoms with Gasteiger partial charge in [-0.25, -0.2) is 0 Å². The van der Waals surface area contributed by atoms with Gasteiger partial charge in [0.2, 0.25) is 0 Å². The predicted octanol–water partition coefficient (Wildman–Crippen LogP) is 3.71. The summed E-state index contributed by atoms with van der Waals surface area (Å²) in [6.07, 6.45) is 1.60. The summed E-state index contributed by atoms with van der Waals surface area (Å²) in [5.74, 6) is 0. The van der Waals surface area contributed by atoms with E-state index in [1.807, 2.05) is 5.01 Å². The van der Waals surface area contributed by atoms with Gasteiger partial charge in [0.25, 0.3) is 5.69 Å². The zero-order chi connectivity index (χ0) is 18.5. The first-order chi connectivity index (χ1) is 12.5. The topological polar surface area (TPSA) is 62.0 Å². The Morgan fingerprint density at radius 1 is 1.15 bits per heavy atom. The van der Waals surface area contributed by atoms with E-state index in [9.17, 15) is 10.1 Å². The lowest BCUT2D eigenvalue weighted by Gasteiger charge is -2.33.